The average molecular weight is 439 g/mol. The number of hydrogen-bond acceptors (Lipinski definition) is 10. The molecule has 1 amide bonds. The van der Waals surface area contributed by atoms with Gasteiger partial charge in [-0.05, 0) is 30.3 Å². The van der Waals surface area contributed by atoms with E-state index < -0.39 is 33.1 Å². The van der Waals surface area contributed by atoms with Crippen LogP contribution in [0.25, 0.3) is 0 Å². The molecular weight excluding hydrogens is 426 g/mol. The van der Waals surface area contributed by atoms with Crippen LogP contribution in [0.4, 0.5) is 28.7 Å². The van der Waals surface area contributed by atoms with Crippen molar-refractivity contribution in [3.8, 4) is 0 Å². The number of hydrazine groups is 1. The molecule has 0 unspecified atom stereocenters. The number of nitrogens with one attached hydrogen (secondary N) is 3. The smallest absolute Gasteiger partial charge is 0.355 e. The fourth-order valence-corrected chi connectivity index (χ4v) is 2.58. The summed E-state index contributed by atoms with van der Waals surface area (Å²) in [4.78, 5) is 52.0. The molecule has 32 heavy (non-hydrogen) atoms. The first-order valence-electron chi connectivity index (χ1n) is 8.67. The first-order chi connectivity index (χ1) is 15.3. The molecular formula is C18H13N7O7. The van der Waals surface area contributed by atoms with Gasteiger partial charge in [-0.3, -0.25) is 35.9 Å². The Morgan fingerprint density at radius 2 is 1.56 bits per heavy atom. The van der Waals surface area contributed by atoms with Crippen LogP contribution in [-0.4, -0.2) is 36.8 Å². The Kier molecular flexibility index (Phi) is 6.15. The highest BCUT2D eigenvalue weighted by atomic mass is 16.6. The highest BCUT2D eigenvalue weighted by Crippen LogP contribution is 2.31. The second kappa shape index (κ2) is 9.12. The zero-order valence-corrected chi connectivity index (χ0v) is 15.9. The summed E-state index contributed by atoms with van der Waals surface area (Å²) in [6, 6.07) is 10.5. The maximum absolute atomic E-state index is 12.3. The number of carbonyl (C=O) groups is 2. The summed E-state index contributed by atoms with van der Waals surface area (Å²) in [6.07, 6.45) is 0.987. The van der Waals surface area contributed by atoms with Crippen molar-refractivity contribution in [2.75, 3.05) is 10.7 Å². The van der Waals surface area contributed by atoms with Crippen molar-refractivity contribution < 1.29 is 24.5 Å². The highest BCUT2D eigenvalue weighted by molar-refractivity contribution is 5.98. The highest BCUT2D eigenvalue weighted by Gasteiger charge is 2.25. The van der Waals surface area contributed by atoms with Gasteiger partial charge >= 0.3 is 11.7 Å². The maximum Gasteiger partial charge on any atom is 0.355 e. The summed E-state index contributed by atoms with van der Waals surface area (Å²) in [5.41, 5.74) is 3.40. The minimum atomic E-state index is -1.13. The predicted octanol–water partition coefficient (Wildman–Crippen LogP) is 2.49. The Bertz CT molecular complexity index is 1210. The minimum absolute atomic E-state index is 0.0211. The lowest BCUT2D eigenvalue weighted by molar-refractivity contribution is -0.385. The number of aromatic carboxylic acids is 1. The molecule has 1 aromatic heterocycles. The molecule has 0 fully saturated rings. The van der Waals surface area contributed by atoms with E-state index in [-0.39, 0.29) is 22.8 Å². The maximum atomic E-state index is 12.3. The molecule has 0 aliphatic rings. The number of nitro benzene ring substituents is 1. The van der Waals surface area contributed by atoms with Crippen LogP contribution < -0.4 is 16.2 Å². The van der Waals surface area contributed by atoms with Gasteiger partial charge in [-0.25, -0.2) is 14.8 Å². The largest absolute Gasteiger partial charge is 0.478 e. The van der Waals surface area contributed by atoms with Crippen molar-refractivity contribution in [3.63, 3.8) is 0 Å². The first-order valence-corrected chi connectivity index (χ1v) is 8.67. The molecule has 3 aromatic rings. The molecule has 14 nitrogen and oxygen atoms in total. The Morgan fingerprint density at radius 1 is 0.906 bits per heavy atom. The summed E-state index contributed by atoms with van der Waals surface area (Å²) >= 11 is 0. The standard InChI is InChI=1S/C18H13N7O7/c26-17(12-3-1-2-4-13(12)24(29)30)23-22-16-14(25(31)32)15(19-9-20-16)21-11-7-5-10(6-8-11)18(27)28/h1-9H,(H,23,26)(H,27,28)(H2,19,20,21,22). The van der Waals surface area contributed by atoms with Crippen LogP contribution in [0, 0.1) is 20.2 Å². The van der Waals surface area contributed by atoms with Crippen molar-refractivity contribution in [3.05, 3.63) is 86.2 Å². The van der Waals surface area contributed by atoms with Gasteiger partial charge < -0.3 is 10.4 Å². The topological polar surface area (TPSA) is 203 Å². The molecule has 0 aliphatic heterocycles. The average Bonchev–Trinajstić information content (AvgIpc) is 2.77. The molecule has 0 aliphatic carbocycles. The number of nitro groups is 2. The number of carbonyl (C=O) groups excluding carboxylic acids is 1. The molecule has 0 atom stereocenters. The number of amides is 1. The number of nitrogens with zero attached hydrogens (tertiary/aromatic N) is 4. The fraction of sp³-hybridized carbons (Fsp3) is 0. The van der Waals surface area contributed by atoms with Gasteiger partial charge in [-0.1, -0.05) is 12.1 Å². The van der Waals surface area contributed by atoms with E-state index in [9.17, 15) is 29.8 Å². The molecule has 0 radical (unpaired) electrons. The van der Waals surface area contributed by atoms with Crippen molar-refractivity contribution in [2.45, 2.75) is 0 Å². The molecule has 0 bridgehead atoms. The van der Waals surface area contributed by atoms with Crippen molar-refractivity contribution >= 4 is 40.6 Å². The number of para-hydroxylation sites is 1. The van der Waals surface area contributed by atoms with Crippen LogP contribution in [0.2, 0.25) is 0 Å². The third-order valence-electron chi connectivity index (χ3n) is 4.04. The van der Waals surface area contributed by atoms with E-state index in [1.54, 1.807) is 0 Å². The third-order valence-corrected chi connectivity index (χ3v) is 4.04. The van der Waals surface area contributed by atoms with Crippen LogP contribution in [0.15, 0.2) is 54.9 Å². The van der Waals surface area contributed by atoms with Gasteiger partial charge in [0.15, 0.2) is 0 Å². The number of carboxylic acids is 1. The van der Waals surface area contributed by atoms with Gasteiger partial charge in [0.05, 0.1) is 15.4 Å². The van der Waals surface area contributed by atoms with Gasteiger partial charge in [0.2, 0.25) is 11.6 Å². The quantitative estimate of drug-likeness (QED) is 0.296. The Labute approximate surface area is 178 Å². The van der Waals surface area contributed by atoms with Crippen LogP contribution in [0.3, 0.4) is 0 Å². The van der Waals surface area contributed by atoms with Crippen molar-refractivity contribution in [2.24, 2.45) is 0 Å². The first kappa shape index (κ1) is 21.6. The lowest BCUT2D eigenvalue weighted by Gasteiger charge is -2.11. The summed E-state index contributed by atoms with van der Waals surface area (Å²) in [5, 5.41) is 34.3. The summed E-state index contributed by atoms with van der Waals surface area (Å²) in [7, 11) is 0. The molecule has 4 N–H and O–H groups in total. The molecule has 3 rings (SSSR count). The van der Waals surface area contributed by atoms with Gasteiger partial charge in [0.1, 0.15) is 11.9 Å². The van der Waals surface area contributed by atoms with E-state index in [1.165, 1.54) is 42.5 Å². The lowest BCUT2D eigenvalue weighted by atomic mass is 10.2. The second-order valence-electron chi connectivity index (χ2n) is 6.04. The zero-order chi connectivity index (χ0) is 23.3. The normalized spacial score (nSPS) is 10.1. The summed E-state index contributed by atoms with van der Waals surface area (Å²) in [6.45, 7) is 0. The molecule has 1 heterocycles. The lowest BCUT2D eigenvalue weighted by Crippen LogP contribution is -2.30. The number of hydrogen-bond donors (Lipinski definition) is 4. The summed E-state index contributed by atoms with van der Waals surface area (Å²) in [5.74, 6) is -2.67. The van der Waals surface area contributed by atoms with Crippen molar-refractivity contribution in [1.29, 1.82) is 0 Å². The monoisotopic (exact) mass is 439 g/mol. The van der Waals surface area contributed by atoms with Gasteiger partial charge in [0, 0.05) is 11.8 Å². The fourth-order valence-electron chi connectivity index (χ4n) is 2.58. The number of aromatic nitrogens is 2. The van der Waals surface area contributed by atoms with Gasteiger partial charge in [-0.15, -0.1) is 0 Å². The number of rotatable bonds is 8. The van der Waals surface area contributed by atoms with E-state index in [1.807, 2.05) is 0 Å². The molecule has 2 aromatic carbocycles. The Hall–Kier alpha value is -5.14. The molecule has 14 heteroatoms. The molecule has 0 saturated heterocycles. The third kappa shape index (κ3) is 4.70. The van der Waals surface area contributed by atoms with E-state index in [2.05, 4.69) is 26.1 Å². The van der Waals surface area contributed by atoms with Gasteiger partial charge in [0.25, 0.3) is 11.6 Å². The summed E-state index contributed by atoms with van der Waals surface area (Å²) < 4.78 is 0. The number of anilines is 3. The van der Waals surface area contributed by atoms with E-state index in [0.717, 1.165) is 12.4 Å². The Morgan fingerprint density at radius 3 is 2.19 bits per heavy atom. The molecule has 0 saturated carbocycles. The van der Waals surface area contributed by atoms with E-state index >= 15 is 0 Å². The predicted molar refractivity (Wildman–Crippen MR) is 110 cm³/mol. The molecule has 0 spiro atoms. The van der Waals surface area contributed by atoms with Gasteiger partial charge in [-0.2, -0.15) is 0 Å². The van der Waals surface area contributed by atoms with Crippen LogP contribution in [0.5, 0.6) is 0 Å². The second-order valence-corrected chi connectivity index (χ2v) is 6.04. The van der Waals surface area contributed by atoms with E-state index in [0.29, 0.717) is 5.69 Å². The van der Waals surface area contributed by atoms with Crippen molar-refractivity contribution in [1.82, 2.24) is 15.4 Å². The Balaban J connectivity index is 1.83. The van der Waals surface area contributed by atoms with Crippen LogP contribution in [-0.2, 0) is 0 Å². The number of carboxylic acid groups (broad SMARTS) is 1. The van der Waals surface area contributed by atoms with E-state index in [4.69, 9.17) is 5.11 Å². The van der Waals surface area contributed by atoms with Crippen LogP contribution in [0.1, 0.15) is 20.7 Å². The number of benzene rings is 2. The SMILES string of the molecule is O=C(O)c1ccc(Nc2ncnc(NNC(=O)c3ccccc3[N+](=O)[O-])c2[N+](=O)[O-])cc1. The minimum Gasteiger partial charge on any atom is -0.478 e. The van der Waals surface area contributed by atoms with Crippen LogP contribution >= 0.6 is 0 Å². The zero-order valence-electron chi connectivity index (χ0n) is 15.9. The molecule has 162 valence electrons.